The zero-order chi connectivity index (χ0) is 14.1. The van der Waals surface area contributed by atoms with Gasteiger partial charge >= 0.3 is 0 Å². The molecule has 1 saturated heterocycles. The second kappa shape index (κ2) is 5.32. The second-order valence-corrected chi connectivity index (χ2v) is 5.59. The first-order valence-corrected chi connectivity index (χ1v) is 7.24. The number of hydrogen-bond donors (Lipinski definition) is 2. The van der Waals surface area contributed by atoms with Crippen molar-refractivity contribution in [1.82, 2.24) is 0 Å². The third-order valence-corrected chi connectivity index (χ3v) is 4.35. The standard InChI is InChI=1S/C15H21N3O2/c16-11-9-10(15(17)19)5-6-12(11)18-7-8-20-14-4-2-1-3-13(14)18/h5-6,9,13-14H,1-4,7-8,16H2,(H2,17,19). The maximum atomic E-state index is 11.2. The summed E-state index contributed by atoms with van der Waals surface area (Å²) in [5.41, 5.74) is 13.5. The molecule has 5 heteroatoms. The number of amides is 1. The fourth-order valence-corrected chi connectivity index (χ4v) is 3.36. The minimum atomic E-state index is -0.444. The Labute approximate surface area is 118 Å². The zero-order valence-electron chi connectivity index (χ0n) is 11.5. The molecule has 1 aromatic rings. The van der Waals surface area contributed by atoms with Crippen LogP contribution in [0.1, 0.15) is 36.0 Å². The number of carbonyl (C=O) groups is 1. The average Bonchev–Trinajstić information content (AvgIpc) is 2.46. The Bertz CT molecular complexity index is 516. The largest absolute Gasteiger partial charge is 0.397 e. The highest BCUT2D eigenvalue weighted by Gasteiger charge is 2.34. The van der Waals surface area contributed by atoms with Crippen molar-refractivity contribution in [2.45, 2.75) is 37.8 Å². The molecule has 0 aromatic heterocycles. The molecule has 1 aromatic carbocycles. The van der Waals surface area contributed by atoms with Crippen LogP contribution >= 0.6 is 0 Å². The van der Waals surface area contributed by atoms with Crippen LogP contribution in [0.4, 0.5) is 11.4 Å². The van der Waals surface area contributed by atoms with Gasteiger partial charge in [0.2, 0.25) is 5.91 Å². The van der Waals surface area contributed by atoms with Crippen molar-refractivity contribution in [3.05, 3.63) is 23.8 Å². The molecule has 5 nitrogen and oxygen atoms in total. The Hall–Kier alpha value is -1.75. The van der Waals surface area contributed by atoms with E-state index in [1.807, 2.05) is 6.07 Å². The van der Waals surface area contributed by atoms with E-state index in [-0.39, 0.29) is 0 Å². The van der Waals surface area contributed by atoms with Gasteiger partial charge in [-0.3, -0.25) is 4.79 Å². The molecule has 1 heterocycles. The van der Waals surface area contributed by atoms with E-state index in [2.05, 4.69) is 4.90 Å². The van der Waals surface area contributed by atoms with Crippen LogP contribution in [0, 0.1) is 0 Å². The first-order valence-electron chi connectivity index (χ1n) is 7.24. The molecule has 1 saturated carbocycles. The number of nitrogens with zero attached hydrogens (tertiary/aromatic N) is 1. The summed E-state index contributed by atoms with van der Waals surface area (Å²) in [5, 5.41) is 0. The van der Waals surface area contributed by atoms with E-state index in [9.17, 15) is 4.79 Å². The van der Waals surface area contributed by atoms with Gasteiger partial charge in [0.25, 0.3) is 0 Å². The maximum absolute atomic E-state index is 11.2. The molecule has 0 bridgehead atoms. The molecule has 4 N–H and O–H groups in total. The van der Waals surface area contributed by atoms with Crippen molar-refractivity contribution in [1.29, 1.82) is 0 Å². The van der Waals surface area contributed by atoms with E-state index in [1.165, 1.54) is 12.8 Å². The first-order chi connectivity index (χ1) is 9.66. The number of nitrogens with two attached hydrogens (primary N) is 2. The van der Waals surface area contributed by atoms with E-state index in [0.29, 0.717) is 23.4 Å². The molecule has 2 aliphatic rings. The Morgan fingerprint density at radius 2 is 2.10 bits per heavy atom. The number of ether oxygens (including phenoxy) is 1. The Kier molecular flexibility index (Phi) is 3.53. The van der Waals surface area contributed by atoms with Gasteiger partial charge in [0.05, 0.1) is 30.1 Å². The minimum absolute atomic E-state index is 0.313. The quantitative estimate of drug-likeness (QED) is 0.802. The summed E-state index contributed by atoms with van der Waals surface area (Å²) in [6, 6.07) is 5.73. The lowest BCUT2D eigenvalue weighted by molar-refractivity contribution is -0.00862. The van der Waals surface area contributed by atoms with Gasteiger partial charge in [-0.15, -0.1) is 0 Å². The van der Waals surface area contributed by atoms with E-state index < -0.39 is 5.91 Å². The lowest BCUT2D eigenvalue weighted by Crippen LogP contribution is -2.53. The minimum Gasteiger partial charge on any atom is -0.397 e. The van der Waals surface area contributed by atoms with Gasteiger partial charge in [-0.1, -0.05) is 12.8 Å². The van der Waals surface area contributed by atoms with Crippen molar-refractivity contribution < 1.29 is 9.53 Å². The number of carbonyl (C=O) groups excluding carboxylic acids is 1. The van der Waals surface area contributed by atoms with Crippen LogP contribution in [0.5, 0.6) is 0 Å². The highest BCUT2D eigenvalue weighted by molar-refractivity contribution is 5.95. The predicted molar refractivity (Wildman–Crippen MR) is 78.7 cm³/mol. The van der Waals surface area contributed by atoms with Gasteiger partial charge in [-0.25, -0.2) is 0 Å². The molecule has 2 atom stereocenters. The van der Waals surface area contributed by atoms with Crippen LogP contribution in [-0.2, 0) is 4.74 Å². The number of fused-ring (bicyclic) bond motifs is 1. The fraction of sp³-hybridized carbons (Fsp3) is 0.533. The number of nitrogen functional groups attached to an aromatic ring is 1. The highest BCUT2D eigenvalue weighted by atomic mass is 16.5. The SMILES string of the molecule is NC(=O)c1ccc(N2CCOC3CCCCC32)c(N)c1. The number of benzene rings is 1. The summed E-state index contributed by atoms with van der Waals surface area (Å²) in [6.45, 7) is 1.58. The normalized spacial score (nSPS) is 26.1. The van der Waals surface area contributed by atoms with Gasteiger partial charge in [0.15, 0.2) is 0 Å². The summed E-state index contributed by atoms with van der Waals surface area (Å²) in [7, 11) is 0. The van der Waals surface area contributed by atoms with Crippen molar-refractivity contribution in [2.75, 3.05) is 23.8 Å². The van der Waals surface area contributed by atoms with Gasteiger partial charge in [-0.05, 0) is 31.0 Å². The zero-order valence-corrected chi connectivity index (χ0v) is 11.5. The van der Waals surface area contributed by atoms with Crippen LogP contribution in [-0.4, -0.2) is 31.2 Å². The van der Waals surface area contributed by atoms with Gasteiger partial charge in [-0.2, -0.15) is 0 Å². The Morgan fingerprint density at radius 3 is 2.85 bits per heavy atom. The monoisotopic (exact) mass is 275 g/mol. The number of morpholine rings is 1. The third kappa shape index (κ3) is 2.33. The molecule has 0 spiro atoms. The fourth-order valence-electron chi connectivity index (χ4n) is 3.36. The smallest absolute Gasteiger partial charge is 0.248 e. The van der Waals surface area contributed by atoms with Crippen LogP contribution in [0.25, 0.3) is 0 Å². The lowest BCUT2D eigenvalue weighted by atomic mass is 9.89. The molecule has 0 radical (unpaired) electrons. The maximum Gasteiger partial charge on any atom is 0.248 e. The molecule has 20 heavy (non-hydrogen) atoms. The third-order valence-electron chi connectivity index (χ3n) is 4.35. The number of rotatable bonds is 2. The Balaban J connectivity index is 1.89. The molecule has 2 fully saturated rings. The van der Waals surface area contributed by atoms with E-state index in [4.69, 9.17) is 16.2 Å². The highest BCUT2D eigenvalue weighted by Crippen LogP contribution is 2.34. The topological polar surface area (TPSA) is 81.6 Å². The van der Waals surface area contributed by atoms with Crippen molar-refractivity contribution in [3.8, 4) is 0 Å². The molecular weight excluding hydrogens is 254 g/mol. The molecule has 1 amide bonds. The van der Waals surface area contributed by atoms with E-state index >= 15 is 0 Å². The second-order valence-electron chi connectivity index (χ2n) is 5.59. The average molecular weight is 275 g/mol. The lowest BCUT2D eigenvalue weighted by Gasteiger charge is -2.45. The number of hydrogen-bond acceptors (Lipinski definition) is 4. The summed E-state index contributed by atoms with van der Waals surface area (Å²) < 4.78 is 5.88. The van der Waals surface area contributed by atoms with Crippen molar-refractivity contribution >= 4 is 17.3 Å². The number of anilines is 2. The van der Waals surface area contributed by atoms with Crippen LogP contribution in [0.2, 0.25) is 0 Å². The van der Waals surface area contributed by atoms with E-state index in [1.54, 1.807) is 12.1 Å². The first kappa shape index (κ1) is 13.2. The molecule has 2 unspecified atom stereocenters. The van der Waals surface area contributed by atoms with Gasteiger partial charge in [0.1, 0.15) is 0 Å². The predicted octanol–water partition coefficient (Wildman–Crippen LogP) is 1.52. The molecule has 3 rings (SSSR count). The molecule has 108 valence electrons. The summed E-state index contributed by atoms with van der Waals surface area (Å²) in [4.78, 5) is 13.5. The molecule has 1 aliphatic carbocycles. The van der Waals surface area contributed by atoms with Crippen LogP contribution in [0.3, 0.4) is 0 Å². The van der Waals surface area contributed by atoms with Crippen LogP contribution in [0.15, 0.2) is 18.2 Å². The van der Waals surface area contributed by atoms with Gasteiger partial charge < -0.3 is 21.1 Å². The Morgan fingerprint density at radius 1 is 1.30 bits per heavy atom. The summed E-state index contributed by atoms with van der Waals surface area (Å²) in [5.74, 6) is -0.444. The van der Waals surface area contributed by atoms with E-state index in [0.717, 1.165) is 31.7 Å². The summed E-state index contributed by atoms with van der Waals surface area (Å²) in [6.07, 6.45) is 5.06. The number of primary amides is 1. The van der Waals surface area contributed by atoms with Crippen LogP contribution < -0.4 is 16.4 Å². The van der Waals surface area contributed by atoms with Crippen molar-refractivity contribution in [2.24, 2.45) is 5.73 Å². The molecule has 1 aliphatic heterocycles. The summed E-state index contributed by atoms with van der Waals surface area (Å²) >= 11 is 0. The molecular formula is C15H21N3O2. The van der Waals surface area contributed by atoms with Crippen molar-refractivity contribution in [3.63, 3.8) is 0 Å². The van der Waals surface area contributed by atoms with Gasteiger partial charge in [0, 0.05) is 12.1 Å².